The fraction of sp³-hybridized carbons (Fsp3) is 0.833. The molecule has 0 saturated carbocycles. The van der Waals surface area contributed by atoms with Gasteiger partial charge in [-0.15, -0.1) is 10.2 Å². The van der Waals surface area contributed by atoms with Crippen molar-refractivity contribution in [2.45, 2.75) is 25.3 Å². The molecule has 0 bridgehead atoms. The fourth-order valence-corrected chi connectivity index (χ4v) is 1.54. The molecule has 2 atom stereocenters. The molecule has 0 aliphatic carbocycles. The molecule has 0 radical (unpaired) electrons. The molecule has 2 heterocycles. The molecular formula is C6H11N5. The van der Waals surface area contributed by atoms with Crippen LogP contribution in [0.25, 0.3) is 0 Å². The van der Waals surface area contributed by atoms with E-state index in [1.807, 2.05) is 0 Å². The highest BCUT2D eigenvalue weighted by molar-refractivity contribution is 5.00. The minimum Gasteiger partial charge on any atom is -0.314 e. The second-order valence-electron chi connectivity index (χ2n) is 2.91. The summed E-state index contributed by atoms with van der Waals surface area (Å²) in [6.45, 7) is 3.20. The van der Waals surface area contributed by atoms with E-state index in [0.717, 1.165) is 18.8 Å². The van der Waals surface area contributed by atoms with E-state index in [1.54, 1.807) is 0 Å². The Kier molecular flexibility index (Phi) is 1.58. The maximum absolute atomic E-state index is 3.96. The maximum atomic E-state index is 3.96. The number of hydrogen-bond acceptors (Lipinski definition) is 4. The Morgan fingerprint density at radius 3 is 3.00 bits per heavy atom. The minimum atomic E-state index is 0.439. The van der Waals surface area contributed by atoms with Crippen molar-refractivity contribution in [1.29, 1.82) is 0 Å². The Labute approximate surface area is 64.6 Å². The van der Waals surface area contributed by atoms with Crippen molar-refractivity contribution in [2.24, 2.45) is 0 Å². The van der Waals surface area contributed by atoms with Crippen LogP contribution in [0.5, 0.6) is 0 Å². The Balaban J connectivity index is 2.16. The molecule has 1 aromatic heterocycles. The summed E-state index contributed by atoms with van der Waals surface area (Å²) in [4.78, 5) is 0. The number of nitrogens with zero attached hydrogens (tertiary/aromatic N) is 3. The molecule has 0 amide bonds. The zero-order valence-corrected chi connectivity index (χ0v) is 6.41. The van der Waals surface area contributed by atoms with E-state index in [2.05, 4.69) is 32.9 Å². The monoisotopic (exact) mass is 153 g/mol. The van der Waals surface area contributed by atoms with E-state index < -0.39 is 0 Å². The number of tetrazole rings is 1. The van der Waals surface area contributed by atoms with Gasteiger partial charge >= 0.3 is 0 Å². The summed E-state index contributed by atoms with van der Waals surface area (Å²) in [6, 6.07) is 0.479. The van der Waals surface area contributed by atoms with Crippen LogP contribution in [0.2, 0.25) is 0 Å². The number of aromatic amines is 1. The molecule has 5 heteroatoms. The molecule has 2 rings (SSSR count). The molecule has 2 unspecified atom stereocenters. The summed E-state index contributed by atoms with van der Waals surface area (Å²) in [5.74, 6) is 1.27. The SMILES string of the molecule is CC1NCCC1c1nn[nH]n1. The Morgan fingerprint density at radius 2 is 2.45 bits per heavy atom. The first-order chi connectivity index (χ1) is 5.38. The van der Waals surface area contributed by atoms with Gasteiger partial charge in [-0.2, -0.15) is 5.21 Å². The zero-order chi connectivity index (χ0) is 7.68. The van der Waals surface area contributed by atoms with Gasteiger partial charge in [-0.3, -0.25) is 0 Å². The van der Waals surface area contributed by atoms with Gasteiger partial charge in [0, 0.05) is 12.0 Å². The van der Waals surface area contributed by atoms with Gasteiger partial charge in [0.05, 0.1) is 0 Å². The molecule has 0 spiro atoms. The van der Waals surface area contributed by atoms with Crippen LogP contribution in [-0.4, -0.2) is 33.2 Å². The van der Waals surface area contributed by atoms with Gasteiger partial charge in [0.1, 0.15) is 0 Å². The van der Waals surface area contributed by atoms with E-state index in [9.17, 15) is 0 Å². The lowest BCUT2D eigenvalue weighted by molar-refractivity contribution is 0.568. The average molecular weight is 153 g/mol. The van der Waals surface area contributed by atoms with Crippen molar-refractivity contribution in [1.82, 2.24) is 25.9 Å². The molecule has 11 heavy (non-hydrogen) atoms. The standard InChI is InChI=1S/C6H11N5/c1-4-5(2-3-7-4)6-8-10-11-9-6/h4-5,7H,2-3H2,1H3,(H,8,9,10,11). The zero-order valence-electron chi connectivity index (χ0n) is 6.41. The molecule has 1 fully saturated rings. The summed E-state index contributed by atoms with van der Waals surface area (Å²) in [5.41, 5.74) is 0. The third-order valence-electron chi connectivity index (χ3n) is 2.22. The maximum Gasteiger partial charge on any atom is 0.179 e. The van der Waals surface area contributed by atoms with Crippen molar-refractivity contribution in [3.63, 3.8) is 0 Å². The van der Waals surface area contributed by atoms with Crippen LogP contribution < -0.4 is 5.32 Å². The summed E-state index contributed by atoms with van der Waals surface area (Å²) >= 11 is 0. The van der Waals surface area contributed by atoms with Crippen LogP contribution in [0.15, 0.2) is 0 Å². The summed E-state index contributed by atoms with van der Waals surface area (Å²) < 4.78 is 0. The highest BCUT2D eigenvalue weighted by Crippen LogP contribution is 2.23. The van der Waals surface area contributed by atoms with E-state index in [4.69, 9.17) is 0 Å². The van der Waals surface area contributed by atoms with Crippen molar-refractivity contribution in [3.8, 4) is 0 Å². The fourth-order valence-electron chi connectivity index (χ4n) is 1.54. The molecule has 5 nitrogen and oxygen atoms in total. The molecule has 1 aromatic rings. The quantitative estimate of drug-likeness (QED) is 0.579. The van der Waals surface area contributed by atoms with E-state index in [1.165, 1.54) is 0 Å². The number of nitrogens with one attached hydrogen (secondary N) is 2. The van der Waals surface area contributed by atoms with Crippen molar-refractivity contribution >= 4 is 0 Å². The van der Waals surface area contributed by atoms with Gasteiger partial charge in [-0.25, -0.2) is 0 Å². The second kappa shape index (κ2) is 2.58. The van der Waals surface area contributed by atoms with Gasteiger partial charge in [-0.1, -0.05) is 5.21 Å². The van der Waals surface area contributed by atoms with Gasteiger partial charge in [-0.05, 0) is 19.9 Å². The van der Waals surface area contributed by atoms with Crippen molar-refractivity contribution in [2.75, 3.05) is 6.54 Å². The molecule has 1 saturated heterocycles. The average Bonchev–Trinajstić information content (AvgIpc) is 2.55. The van der Waals surface area contributed by atoms with Gasteiger partial charge in [0.25, 0.3) is 0 Å². The Bertz CT molecular complexity index is 219. The van der Waals surface area contributed by atoms with Crippen LogP contribution in [0, 0.1) is 0 Å². The first kappa shape index (κ1) is 6.72. The van der Waals surface area contributed by atoms with Crippen LogP contribution >= 0.6 is 0 Å². The smallest absolute Gasteiger partial charge is 0.179 e. The molecule has 1 aliphatic heterocycles. The Hall–Kier alpha value is -0.970. The molecular weight excluding hydrogens is 142 g/mol. The van der Waals surface area contributed by atoms with Gasteiger partial charge < -0.3 is 5.32 Å². The molecule has 0 aromatic carbocycles. The summed E-state index contributed by atoms with van der Waals surface area (Å²) in [5, 5.41) is 17.3. The third-order valence-corrected chi connectivity index (χ3v) is 2.22. The highest BCUT2D eigenvalue weighted by Gasteiger charge is 2.27. The second-order valence-corrected chi connectivity index (χ2v) is 2.91. The van der Waals surface area contributed by atoms with Crippen molar-refractivity contribution < 1.29 is 0 Å². The van der Waals surface area contributed by atoms with Gasteiger partial charge in [0.2, 0.25) is 0 Å². The lowest BCUT2D eigenvalue weighted by Crippen LogP contribution is -2.22. The van der Waals surface area contributed by atoms with Crippen molar-refractivity contribution in [3.05, 3.63) is 5.82 Å². The van der Waals surface area contributed by atoms with Crippen LogP contribution in [0.1, 0.15) is 25.1 Å². The summed E-state index contributed by atoms with van der Waals surface area (Å²) in [6.07, 6.45) is 1.11. The first-order valence-corrected chi connectivity index (χ1v) is 3.84. The number of H-pyrrole nitrogens is 1. The molecule has 2 N–H and O–H groups in total. The predicted octanol–water partition coefficient (Wildman–Crippen LogP) is -0.335. The largest absolute Gasteiger partial charge is 0.314 e. The van der Waals surface area contributed by atoms with E-state index >= 15 is 0 Å². The highest BCUT2D eigenvalue weighted by atomic mass is 15.5. The lowest BCUT2D eigenvalue weighted by Gasteiger charge is -2.08. The third kappa shape index (κ3) is 1.11. The van der Waals surface area contributed by atoms with Crippen LogP contribution in [-0.2, 0) is 0 Å². The van der Waals surface area contributed by atoms with Crippen LogP contribution in [0.3, 0.4) is 0 Å². The molecule has 60 valence electrons. The number of rotatable bonds is 1. The number of aromatic nitrogens is 4. The van der Waals surface area contributed by atoms with E-state index in [0.29, 0.717) is 12.0 Å². The molecule has 1 aliphatic rings. The van der Waals surface area contributed by atoms with E-state index in [-0.39, 0.29) is 0 Å². The number of hydrogen-bond donors (Lipinski definition) is 2. The van der Waals surface area contributed by atoms with Crippen LogP contribution in [0.4, 0.5) is 0 Å². The summed E-state index contributed by atoms with van der Waals surface area (Å²) in [7, 11) is 0. The lowest BCUT2D eigenvalue weighted by atomic mass is 10.0. The van der Waals surface area contributed by atoms with Gasteiger partial charge in [0.15, 0.2) is 5.82 Å². The topological polar surface area (TPSA) is 66.5 Å². The first-order valence-electron chi connectivity index (χ1n) is 3.84. The predicted molar refractivity (Wildman–Crippen MR) is 39.0 cm³/mol. The normalized spacial score (nSPS) is 31.0. The minimum absolute atomic E-state index is 0.439. The Morgan fingerprint density at radius 1 is 1.55 bits per heavy atom.